The van der Waals surface area contributed by atoms with E-state index in [0.717, 1.165) is 34.5 Å². The number of likely N-dealkylation sites (N-methyl/N-ethyl adjacent to an activating group) is 1. The van der Waals surface area contributed by atoms with Crippen molar-refractivity contribution in [2.45, 2.75) is 33.1 Å². The molecule has 0 aromatic heterocycles. The van der Waals surface area contributed by atoms with Gasteiger partial charge in [-0.1, -0.05) is 24.3 Å². The largest absolute Gasteiger partial charge is 0.326 e. The molecule has 2 amide bonds. The molecule has 0 fully saturated rings. The maximum atomic E-state index is 12.7. The Hall–Kier alpha value is -2.62. The molecule has 3 rings (SSSR count). The van der Waals surface area contributed by atoms with Crippen molar-refractivity contribution < 1.29 is 9.59 Å². The van der Waals surface area contributed by atoms with Crippen LogP contribution in [-0.4, -0.2) is 18.4 Å². The summed E-state index contributed by atoms with van der Waals surface area (Å²) in [5, 5.41) is 2.87. The Kier molecular flexibility index (Phi) is 4.65. The lowest BCUT2D eigenvalue weighted by molar-refractivity contribution is -0.118. The third-order valence-electron chi connectivity index (χ3n) is 4.35. The van der Waals surface area contributed by atoms with Crippen LogP contribution in [0.2, 0.25) is 0 Å². The molecule has 2 aromatic rings. The summed E-state index contributed by atoms with van der Waals surface area (Å²) in [4.78, 5) is 26.0. The first-order chi connectivity index (χ1) is 11.6. The van der Waals surface area contributed by atoms with E-state index in [-0.39, 0.29) is 11.8 Å². The molecule has 2 aromatic carbocycles. The standard InChI is InChI=1S/C20H22N2O2/c1-3-22(17-6-4-5-14(2)11-17)20(24)13-15-7-9-18-16(12-15)8-10-19(23)21-18/h4-7,9,11-12H,3,8,10,13H2,1-2H3,(H,21,23). The zero-order chi connectivity index (χ0) is 17.1. The zero-order valence-corrected chi connectivity index (χ0v) is 14.1. The summed E-state index contributed by atoms with van der Waals surface area (Å²) in [6.07, 6.45) is 1.61. The number of hydrogen-bond donors (Lipinski definition) is 1. The second kappa shape index (κ2) is 6.87. The number of fused-ring (bicyclic) bond motifs is 1. The fraction of sp³-hybridized carbons (Fsp3) is 0.300. The van der Waals surface area contributed by atoms with Crippen LogP contribution in [-0.2, 0) is 22.4 Å². The van der Waals surface area contributed by atoms with Crippen molar-refractivity contribution in [3.8, 4) is 0 Å². The van der Waals surface area contributed by atoms with Gasteiger partial charge in [-0.2, -0.15) is 0 Å². The van der Waals surface area contributed by atoms with Gasteiger partial charge < -0.3 is 10.2 Å². The van der Waals surface area contributed by atoms with Gasteiger partial charge in [-0.05, 0) is 55.2 Å². The molecule has 0 atom stereocenters. The first kappa shape index (κ1) is 16.2. The second-order valence-corrected chi connectivity index (χ2v) is 6.19. The summed E-state index contributed by atoms with van der Waals surface area (Å²) in [5.74, 6) is 0.144. The summed E-state index contributed by atoms with van der Waals surface area (Å²) >= 11 is 0. The van der Waals surface area contributed by atoms with Crippen molar-refractivity contribution in [3.05, 3.63) is 59.2 Å². The molecule has 0 spiro atoms. The fourth-order valence-corrected chi connectivity index (χ4v) is 3.12. The average Bonchev–Trinajstić information content (AvgIpc) is 2.56. The van der Waals surface area contributed by atoms with Crippen LogP contribution in [0.1, 0.15) is 30.0 Å². The Labute approximate surface area is 142 Å². The fourth-order valence-electron chi connectivity index (χ4n) is 3.12. The van der Waals surface area contributed by atoms with E-state index in [1.807, 2.05) is 61.2 Å². The number of nitrogens with zero attached hydrogens (tertiary/aromatic N) is 1. The van der Waals surface area contributed by atoms with Gasteiger partial charge >= 0.3 is 0 Å². The third kappa shape index (κ3) is 3.48. The molecule has 1 heterocycles. The molecule has 4 heteroatoms. The van der Waals surface area contributed by atoms with E-state index in [1.54, 1.807) is 0 Å². The molecule has 1 aliphatic rings. The van der Waals surface area contributed by atoms with Gasteiger partial charge in [-0.3, -0.25) is 9.59 Å². The van der Waals surface area contributed by atoms with Crippen molar-refractivity contribution in [3.63, 3.8) is 0 Å². The molecule has 124 valence electrons. The van der Waals surface area contributed by atoms with E-state index in [9.17, 15) is 9.59 Å². The molecule has 0 aliphatic carbocycles. The summed E-state index contributed by atoms with van der Waals surface area (Å²) in [6.45, 7) is 4.66. The summed E-state index contributed by atoms with van der Waals surface area (Å²) in [7, 11) is 0. The van der Waals surface area contributed by atoms with Gasteiger partial charge in [0.05, 0.1) is 6.42 Å². The molecule has 4 nitrogen and oxygen atoms in total. The van der Waals surface area contributed by atoms with Gasteiger partial charge in [0.15, 0.2) is 0 Å². The molecular formula is C20H22N2O2. The molecule has 1 N–H and O–H groups in total. The SMILES string of the molecule is CCN(C(=O)Cc1ccc2c(c1)CCC(=O)N2)c1cccc(C)c1. The average molecular weight is 322 g/mol. The van der Waals surface area contributed by atoms with Crippen LogP contribution in [0, 0.1) is 6.92 Å². The highest BCUT2D eigenvalue weighted by molar-refractivity contribution is 5.96. The van der Waals surface area contributed by atoms with E-state index in [2.05, 4.69) is 5.32 Å². The lowest BCUT2D eigenvalue weighted by Crippen LogP contribution is -2.32. The number of amides is 2. The zero-order valence-electron chi connectivity index (χ0n) is 14.1. The first-order valence-corrected chi connectivity index (χ1v) is 8.35. The minimum Gasteiger partial charge on any atom is -0.326 e. The van der Waals surface area contributed by atoms with E-state index < -0.39 is 0 Å². The molecular weight excluding hydrogens is 300 g/mol. The number of nitrogens with one attached hydrogen (secondary N) is 1. The molecule has 0 saturated heterocycles. The predicted octanol–water partition coefficient (Wildman–Crippen LogP) is 3.48. The van der Waals surface area contributed by atoms with Crippen LogP contribution < -0.4 is 10.2 Å². The Balaban J connectivity index is 1.77. The van der Waals surface area contributed by atoms with E-state index >= 15 is 0 Å². The third-order valence-corrected chi connectivity index (χ3v) is 4.35. The Bertz CT molecular complexity index is 783. The highest BCUT2D eigenvalue weighted by Gasteiger charge is 2.18. The first-order valence-electron chi connectivity index (χ1n) is 8.35. The predicted molar refractivity (Wildman–Crippen MR) is 96.3 cm³/mol. The van der Waals surface area contributed by atoms with Gasteiger partial charge in [0.1, 0.15) is 0 Å². The second-order valence-electron chi connectivity index (χ2n) is 6.19. The normalized spacial score (nSPS) is 13.2. The number of anilines is 2. The van der Waals surface area contributed by atoms with Gasteiger partial charge in [0.25, 0.3) is 0 Å². The summed E-state index contributed by atoms with van der Waals surface area (Å²) in [6, 6.07) is 13.9. The highest BCUT2D eigenvalue weighted by atomic mass is 16.2. The Morgan fingerprint density at radius 2 is 2.00 bits per heavy atom. The van der Waals surface area contributed by atoms with Crippen LogP contribution in [0.5, 0.6) is 0 Å². The molecule has 1 aliphatic heterocycles. The minimum atomic E-state index is 0.0583. The lowest BCUT2D eigenvalue weighted by atomic mass is 9.99. The van der Waals surface area contributed by atoms with Crippen LogP contribution in [0.4, 0.5) is 11.4 Å². The topological polar surface area (TPSA) is 49.4 Å². The monoisotopic (exact) mass is 322 g/mol. The summed E-state index contributed by atoms with van der Waals surface area (Å²) in [5.41, 5.74) is 5.05. The van der Waals surface area contributed by atoms with Crippen molar-refractivity contribution in [1.29, 1.82) is 0 Å². The highest BCUT2D eigenvalue weighted by Crippen LogP contribution is 2.24. The van der Waals surface area contributed by atoms with Crippen LogP contribution in [0.15, 0.2) is 42.5 Å². The van der Waals surface area contributed by atoms with Crippen LogP contribution in [0.25, 0.3) is 0 Å². The van der Waals surface area contributed by atoms with E-state index in [4.69, 9.17) is 0 Å². The molecule has 0 saturated carbocycles. The number of rotatable bonds is 4. The van der Waals surface area contributed by atoms with Gasteiger partial charge in [-0.25, -0.2) is 0 Å². The van der Waals surface area contributed by atoms with E-state index in [1.165, 1.54) is 0 Å². The molecule has 24 heavy (non-hydrogen) atoms. The van der Waals surface area contributed by atoms with Crippen LogP contribution in [0.3, 0.4) is 0 Å². The van der Waals surface area contributed by atoms with Gasteiger partial charge in [0.2, 0.25) is 11.8 Å². The maximum absolute atomic E-state index is 12.7. The van der Waals surface area contributed by atoms with Crippen LogP contribution >= 0.6 is 0 Å². The Morgan fingerprint density at radius 3 is 2.75 bits per heavy atom. The minimum absolute atomic E-state index is 0.0583. The number of hydrogen-bond acceptors (Lipinski definition) is 2. The Morgan fingerprint density at radius 1 is 1.17 bits per heavy atom. The summed E-state index contributed by atoms with van der Waals surface area (Å²) < 4.78 is 0. The smallest absolute Gasteiger partial charge is 0.231 e. The van der Waals surface area contributed by atoms with Crippen molar-refractivity contribution in [1.82, 2.24) is 0 Å². The number of benzene rings is 2. The van der Waals surface area contributed by atoms with E-state index in [0.29, 0.717) is 19.4 Å². The maximum Gasteiger partial charge on any atom is 0.231 e. The van der Waals surface area contributed by atoms with Gasteiger partial charge in [0, 0.05) is 24.3 Å². The number of carbonyl (C=O) groups is 2. The quantitative estimate of drug-likeness (QED) is 0.937. The lowest BCUT2D eigenvalue weighted by Gasteiger charge is -2.22. The number of aryl methyl sites for hydroxylation is 2. The molecule has 0 bridgehead atoms. The number of carbonyl (C=O) groups excluding carboxylic acids is 2. The molecule has 0 unspecified atom stereocenters. The van der Waals surface area contributed by atoms with Crippen molar-refractivity contribution >= 4 is 23.2 Å². The van der Waals surface area contributed by atoms with Crippen molar-refractivity contribution in [2.75, 3.05) is 16.8 Å². The molecule has 0 radical (unpaired) electrons. The van der Waals surface area contributed by atoms with Gasteiger partial charge in [-0.15, -0.1) is 0 Å². The van der Waals surface area contributed by atoms with Crippen molar-refractivity contribution in [2.24, 2.45) is 0 Å².